The number of aromatic carboxylic acids is 1. The van der Waals surface area contributed by atoms with Crippen LogP contribution in [0.15, 0.2) is 39.2 Å². The monoisotopic (exact) mass is 365 g/mol. The molecule has 0 aliphatic rings. The Balaban J connectivity index is 2.30. The predicted octanol–water partition coefficient (Wildman–Crippen LogP) is 4.54. The van der Waals surface area contributed by atoms with Crippen molar-refractivity contribution in [1.29, 1.82) is 0 Å². The molecule has 0 aliphatic heterocycles. The van der Waals surface area contributed by atoms with Crippen LogP contribution in [0.3, 0.4) is 0 Å². The lowest BCUT2D eigenvalue weighted by Crippen LogP contribution is -2.11. The van der Waals surface area contributed by atoms with Gasteiger partial charge in [0.05, 0.1) is 5.69 Å². The van der Waals surface area contributed by atoms with Crippen LogP contribution in [-0.4, -0.2) is 17.0 Å². The van der Waals surface area contributed by atoms with E-state index >= 15 is 0 Å². The Morgan fingerprint density at radius 1 is 1.27 bits per heavy atom. The van der Waals surface area contributed by atoms with Gasteiger partial charge in [0.2, 0.25) is 11.7 Å². The number of halogens is 1. The number of hydrogen-bond acceptors (Lipinski definition) is 3. The number of anilines is 1. The van der Waals surface area contributed by atoms with Gasteiger partial charge in [-0.25, -0.2) is 4.79 Å². The molecule has 0 spiro atoms. The zero-order chi connectivity index (χ0) is 16.1. The highest BCUT2D eigenvalue weighted by Crippen LogP contribution is 2.32. The van der Waals surface area contributed by atoms with E-state index in [0.29, 0.717) is 23.4 Å². The number of carbonyl (C=O) groups excluding carboxylic acids is 1. The van der Waals surface area contributed by atoms with E-state index in [2.05, 4.69) is 21.2 Å². The van der Waals surface area contributed by atoms with E-state index in [0.717, 1.165) is 17.3 Å². The maximum absolute atomic E-state index is 11.9. The van der Waals surface area contributed by atoms with Crippen molar-refractivity contribution in [1.82, 2.24) is 0 Å². The highest BCUT2D eigenvalue weighted by atomic mass is 79.9. The number of furan rings is 1. The standard InChI is InChI=1S/C16H16BrNO4/c1-2-3-4-15(19)18-12-9-10(17)5-6-11(12)13-7-8-14(22-13)16(20)21/h5-9H,2-4H2,1H3,(H,18,19)(H,20,21). The molecule has 2 aromatic rings. The lowest BCUT2D eigenvalue weighted by molar-refractivity contribution is -0.116. The van der Waals surface area contributed by atoms with Crippen molar-refractivity contribution in [2.75, 3.05) is 5.32 Å². The van der Waals surface area contributed by atoms with Gasteiger partial charge in [0.15, 0.2) is 0 Å². The number of benzene rings is 1. The van der Waals surface area contributed by atoms with E-state index in [1.807, 2.05) is 6.92 Å². The normalized spacial score (nSPS) is 10.5. The molecular formula is C16H16BrNO4. The summed E-state index contributed by atoms with van der Waals surface area (Å²) in [6, 6.07) is 8.31. The number of carbonyl (C=O) groups is 2. The summed E-state index contributed by atoms with van der Waals surface area (Å²) in [4.78, 5) is 22.8. The Kier molecular flexibility index (Phi) is 5.38. The summed E-state index contributed by atoms with van der Waals surface area (Å²) in [6.45, 7) is 2.02. The third-order valence-electron chi connectivity index (χ3n) is 3.10. The number of amides is 1. The van der Waals surface area contributed by atoms with Gasteiger partial charge in [0, 0.05) is 16.5 Å². The molecule has 5 nitrogen and oxygen atoms in total. The number of rotatable bonds is 6. The van der Waals surface area contributed by atoms with Crippen molar-refractivity contribution in [3.63, 3.8) is 0 Å². The Morgan fingerprint density at radius 3 is 2.68 bits per heavy atom. The fourth-order valence-electron chi connectivity index (χ4n) is 1.98. The lowest BCUT2D eigenvalue weighted by Gasteiger charge is -2.10. The lowest BCUT2D eigenvalue weighted by atomic mass is 10.1. The largest absolute Gasteiger partial charge is 0.475 e. The molecule has 0 unspecified atom stereocenters. The summed E-state index contributed by atoms with van der Waals surface area (Å²) in [5.74, 6) is -0.944. The molecule has 116 valence electrons. The molecule has 0 saturated heterocycles. The Morgan fingerprint density at radius 2 is 2.05 bits per heavy atom. The topological polar surface area (TPSA) is 79.5 Å². The van der Waals surface area contributed by atoms with Crippen LogP contribution in [0.25, 0.3) is 11.3 Å². The first-order valence-electron chi connectivity index (χ1n) is 6.94. The number of nitrogens with one attached hydrogen (secondary N) is 1. The number of carboxylic acid groups (broad SMARTS) is 1. The van der Waals surface area contributed by atoms with E-state index in [1.54, 1.807) is 24.3 Å². The SMILES string of the molecule is CCCCC(=O)Nc1cc(Br)ccc1-c1ccc(C(=O)O)o1. The van der Waals surface area contributed by atoms with Crippen molar-refractivity contribution in [3.8, 4) is 11.3 Å². The summed E-state index contributed by atoms with van der Waals surface area (Å²) >= 11 is 3.36. The first-order valence-corrected chi connectivity index (χ1v) is 7.73. The van der Waals surface area contributed by atoms with Crippen LogP contribution in [0.5, 0.6) is 0 Å². The highest BCUT2D eigenvalue weighted by Gasteiger charge is 2.15. The van der Waals surface area contributed by atoms with Crippen molar-refractivity contribution < 1.29 is 19.1 Å². The van der Waals surface area contributed by atoms with Crippen LogP contribution < -0.4 is 5.32 Å². The van der Waals surface area contributed by atoms with Gasteiger partial charge >= 0.3 is 5.97 Å². The minimum absolute atomic E-state index is 0.0776. The second kappa shape index (κ2) is 7.26. The third kappa shape index (κ3) is 3.98. The summed E-state index contributed by atoms with van der Waals surface area (Å²) in [5.41, 5.74) is 1.22. The van der Waals surface area contributed by atoms with Gasteiger partial charge in [-0.1, -0.05) is 29.3 Å². The summed E-state index contributed by atoms with van der Waals surface area (Å²) < 4.78 is 6.12. The Labute approximate surface area is 136 Å². The smallest absolute Gasteiger partial charge is 0.371 e. The molecule has 1 amide bonds. The van der Waals surface area contributed by atoms with Crippen LogP contribution in [0.4, 0.5) is 5.69 Å². The number of unbranched alkanes of at least 4 members (excludes halogenated alkanes) is 1. The molecule has 0 saturated carbocycles. The fraction of sp³-hybridized carbons (Fsp3) is 0.250. The predicted molar refractivity (Wildman–Crippen MR) is 87.0 cm³/mol. The van der Waals surface area contributed by atoms with Gasteiger partial charge < -0.3 is 14.8 Å². The molecular weight excluding hydrogens is 350 g/mol. The molecule has 2 N–H and O–H groups in total. The van der Waals surface area contributed by atoms with Gasteiger partial charge in [0.25, 0.3) is 0 Å². The van der Waals surface area contributed by atoms with Crippen molar-refractivity contribution in [3.05, 3.63) is 40.6 Å². The highest BCUT2D eigenvalue weighted by molar-refractivity contribution is 9.10. The molecule has 1 aromatic carbocycles. The number of carboxylic acids is 1. The van der Waals surface area contributed by atoms with Gasteiger partial charge in [-0.2, -0.15) is 0 Å². The van der Waals surface area contributed by atoms with E-state index in [4.69, 9.17) is 9.52 Å². The van der Waals surface area contributed by atoms with Crippen LogP contribution in [0.2, 0.25) is 0 Å². The molecule has 0 aliphatic carbocycles. The minimum Gasteiger partial charge on any atom is -0.475 e. The molecule has 2 rings (SSSR count). The fourth-order valence-corrected chi connectivity index (χ4v) is 2.34. The van der Waals surface area contributed by atoms with E-state index in [-0.39, 0.29) is 11.7 Å². The molecule has 1 heterocycles. The quantitative estimate of drug-likeness (QED) is 0.787. The van der Waals surface area contributed by atoms with E-state index in [1.165, 1.54) is 6.07 Å². The zero-order valence-corrected chi connectivity index (χ0v) is 13.6. The van der Waals surface area contributed by atoms with Crippen LogP contribution in [0, 0.1) is 0 Å². The average Bonchev–Trinajstić information content (AvgIpc) is 2.95. The van der Waals surface area contributed by atoms with Crippen molar-refractivity contribution in [2.45, 2.75) is 26.2 Å². The van der Waals surface area contributed by atoms with Gasteiger partial charge in [-0.3, -0.25) is 4.79 Å². The van der Waals surface area contributed by atoms with Gasteiger partial charge in [0.1, 0.15) is 5.76 Å². The molecule has 0 fully saturated rings. The summed E-state index contributed by atoms with van der Waals surface area (Å²) in [5, 5.41) is 11.8. The molecule has 0 radical (unpaired) electrons. The third-order valence-corrected chi connectivity index (χ3v) is 3.59. The van der Waals surface area contributed by atoms with Gasteiger partial charge in [-0.15, -0.1) is 0 Å². The summed E-state index contributed by atoms with van der Waals surface area (Å²) in [7, 11) is 0. The second-order valence-corrected chi connectivity index (χ2v) is 5.73. The molecule has 1 aromatic heterocycles. The zero-order valence-electron chi connectivity index (χ0n) is 12.1. The van der Waals surface area contributed by atoms with Crippen LogP contribution in [-0.2, 0) is 4.79 Å². The number of hydrogen-bond donors (Lipinski definition) is 2. The second-order valence-electron chi connectivity index (χ2n) is 4.81. The van der Waals surface area contributed by atoms with Crippen molar-refractivity contribution >= 4 is 33.5 Å². The first kappa shape index (κ1) is 16.3. The minimum atomic E-state index is -1.13. The molecule has 6 heteroatoms. The van der Waals surface area contributed by atoms with Crippen LogP contribution >= 0.6 is 15.9 Å². The molecule has 22 heavy (non-hydrogen) atoms. The Hall–Kier alpha value is -2.08. The first-order chi connectivity index (χ1) is 10.5. The molecule has 0 bridgehead atoms. The van der Waals surface area contributed by atoms with Crippen LogP contribution in [0.1, 0.15) is 36.7 Å². The average molecular weight is 366 g/mol. The van der Waals surface area contributed by atoms with E-state index in [9.17, 15) is 9.59 Å². The Bertz CT molecular complexity index is 693. The van der Waals surface area contributed by atoms with Gasteiger partial charge in [-0.05, 0) is 36.8 Å². The van der Waals surface area contributed by atoms with E-state index < -0.39 is 5.97 Å². The van der Waals surface area contributed by atoms with Crippen molar-refractivity contribution in [2.24, 2.45) is 0 Å². The molecule has 0 atom stereocenters. The maximum Gasteiger partial charge on any atom is 0.371 e. The summed E-state index contributed by atoms with van der Waals surface area (Å²) in [6.07, 6.45) is 2.21. The maximum atomic E-state index is 11.9.